The molecule has 0 heterocycles. The molecule has 1 saturated carbocycles. The number of amides is 1. The summed E-state index contributed by atoms with van der Waals surface area (Å²) in [6.45, 7) is 6.22. The van der Waals surface area contributed by atoms with Gasteiger partial charge >= 0.3 is 0 Å². The van der Waals surface area contributed by atoms with Crippen molar-refractivity contribution in [2.45, 2.75) is 52.1 Å². The van der Waals surface area contributed by atoms with E-state index in [0.717, 1.165) is 12.3 Å². The van der Waals surface area contributed by atoms with Gasteiger partial charge in [-0.15, -0.1) is 0 Å². The predicted molar refractivity (Wildman–Crippen MR) is 57.8 cm³/mol. The molecule has 1 rings (SSSR count). The Hall–Kier alpha value is -0.570. The number of carbonyl (C=O) groups is 1. The van der Waals surface area contributed by atoms with Crippen molar-refractivity contribution < 1.29 is 4.79 Å². The minimum Gasteiger partial charge on any atom is -0.352 e. The fraction of sp³-hybridized carbons (Fsp3) is 0.909. The first-order valence-corrected chi connectivity index (χ1v) is 5.56. The molecule has 0 bridgehead atoms. The fourth-order valence-corrected chi connectivity index (χ4v) is 2.19. The first-order chi connectivity index (χ1) is 6.50. The van der Waals surface area contributed by atoms with Gasteiger partial charge in [0.05, 0.1) is 6.04 Å². The van der Waals surface area contributed by atoms with Gasteiger partial charge in [0.2, 0.25) is 5.91 Å². The van der Waals surface area contributed by atoms with E-state index in [1.165, 1.54) is 12.8 Å². The molecular weight excluding hydrogens is 176 g/mol. The third-order valence-electron chi connectivity index (χ3n) is 3.17. The summed E-state index contributed by atoms with van der Waals surface area (Å²) in [5.74, 6) is 1.37. The number of carbonyl (C=O) groups excluding carboxylic acids is 1. The van der Waals surface area contributed by atoms with Crippen LogP contribution in [0.5, 0.6) is 0 Å². The van der Waals surface area contributed by atoms with Crippen molar-refractivity contribution in [1.82, 2.24) is 5.32 Å². The van der Waals surface area contributed by atoms with E-state index in [1.54, 1.807) is 6.92 Å². The molecule has 1 fully saturated rings. The second kappa shape index (κ2) is 4.78. The van der Waals surface area contributed by atoms with Gasteiger partial charge in [-0.05, 0) is 38.0 Å². The van der Waals surface area contributed by atoms with Crippen molar-refractivity contribution in [3.63, 3.8) is 0 Å². The van der Waals surface area contributed by atoms with Crippen molar-refractivity contribution in [2.24, 2.45) is 17.6 Å². The minimum atomic E-state index is -0.387. The normalized spacial score (nSPS) is 35.0. The first kappa shape index (κ1) is 11.5. The maximum atomic E-state index is 11.4. The molecule has 0 spiro atoms. The van der Waals surface area contributed by atoms with Gasteiger partial charge in [0.25, 0.3) is 0 Å². The number of nitrogens with two attached hydrogens (primary N) is 1. The molecule has 3 heteroatoms. The van der Waals surface area contributed by atoms with E-state index in [4.69, 9.17) is 5.73 Å². The standard InChI is InChI=1S/C11H22N2O/c1-7-4-5-10(8(2)6-7)13-11(14)9(3)12/h7-10H,4-6,12H2,1-3H3,(H,13,14)/t7?,8?,9-,10?/m1/s1. The van der Waals surface area contributed by atoms with Crippen LogP contribution in [-0.4, -0.2) is 18.0 Å². The zero-order valence-corrected chi connectivity index (χ0v) is 9.42. The van der Waals surface area contributed by atoms with Gasteiger partial charge in [-0.1, -0.05) is 13.8 Å². The summed E-state index contributed by atoms with van der Waals surface area (Å²) in [5, 5.41) is 3.02. The molecule has 0 aromatic heterocycles. The van der Waals surface area contributed by atoms with Gasteiger partial charge in [0, 0.05) is 6.04 Å². The van der Waals surface area contributed by atoms with Gasteiger partial charge in [-0.3, -0.25) is 4.79 Å². The Kier molecular flexibility index (Phi) is 3.93. The maximum absolute atomic E-state index is 11.4. The highest BCUT2D eigenvalue weighted by atomic mass is 16.2. The summed E-state index contributed by atoms with van der Waals surface area (Å²) in [5.41, 5.74) is 5.51. The number of hydrogen-bond donors (Lipinski definition) is 2. The number of rotatable bonds is 2. The highest BCUT2D eigenvalue weighted by Crippen LogP contribution is 2.28. The van der Waals surface area contributed by atoms with Gasteiger partial charge in [-0.2, -0.15) is 0 Å². The second-order valence-corrected chi connectivity index (χ2v) is 4.80. The van der Waals surface area contributed by atoms with Crippen LogP contribution in [0, 0.1) is 11.8 Å². The van der Waals surface area contributed by atoms with Crippen LogP contribution in [0.3, 0.4) is 0 Å². The molecule has 1 amide bonds. The molecule has 1 aliphatic carbocycles. The molecule has 82 valence electrons. The highest BCUT2D eigenvalue weighted by molar-refractivity contribution is 5.81. The summed E-state index contributed by atoms with van der Waals surface area (Å²) < 4.78 is 0. The lowest BCUT2D eigenvalue weighted by Gasteiger charge is -2.33. The molecule has 4 atom stereocenters. The van der Waals surface area contributed by atoms with Crippen LogP contribution < -0.4 is 11.1 Å². The molecule has 0 aromatic rings. The predicted octanol–water partition coefficient (Wildman–Crippen LogP) is 1.27. The number of nitrogens with one attached hydrogen (secondary N) is 1. The van der Waals surface area contributed by atoms with Crippen molar-refractivity contribution in [1.29, 1.82) is 0 Å². The van der Waals surface area contributed by atoms with Crippen molar-refractivity contribution >= 4 is 5.91 Å². The monoisotopic (exact) mass is 198 g/mol. The number of hydrogen-bond acceptors (Lipinski definition) is 2. The van der Waals surface area contributed by atoms with Gasteiger partial charge in [0.15, 0.2) is 0 Å². The zero-order chi connectivity index (χ0) is 10.7. The van der Waals surface area contributed by atoms with E-state index < -0.39 is 0 Å². The highest BCUT2D eigenvalue weighted by Gasteiger charge is 2.26. The summed E-state index contributed by atoms with van der Waals surface area (Å²) >= 11 is 0. The molecule has 1 aliphatic rings. The van der Waals surface area contributed by atoms with Crippen LogP contribution in [-0.2, 0) is 4.79 Å². The molecule has 3 nitrogen and oxygen atoms in total. The van der Waals surface area contributed by atoms with E-state index >= 15 is 0 Å². The molecule has 0 saturated heterocycles. The smallest absolute Gasteiger partial charge is 0.236 e. The Balaban J connectivity index is 2.41. The van der Waals surface area contributed by atoms with Gasteiger partial charge in [-0.25, -0.2) is 0 Å². The van der Waals surface area contributed by atoms with Crippen LogP contribution >= 0.6 is 0 Å². The lowest BCUT2D eigenvalue weighted by atomic mass is 9.80. The summed E-state index contributed by atoms with van der Waals surface area (Å²) in [4.78, 5) is 11.4. The van der Waals surface area contributed by atoms with Crippen molar-refractivity contribution in [2.75, 3.05) is 0 Å². The maximum Gasteiger partial charge on any atom is 0.236 e. The zero-order valence-electron chi connectivity index (χ0n) is 9.42. The first-order valence-electron chi connectivity index (χ1n) is 5.56. The van der Waals surface area contributed by atoms with Gasteiger partial charge in [0.1, 0.15) is 0 Å². The molecule has 3 unspecified atom stereocenters. The van der Waals surface area contributed by atoms with Crippen molar-refractivity contribution in [3.05, 3.63) is 0 Å². The molecule has 3 N–H and O–H groups in total. The van der Waals surface area contributed by atoms with Crippen molar-refractivity contribution in [3.8, 4) is 0 Å². The van der Waals surface area contributed by atoms with Crippen LogP contribution in [0.4, 0.5) is 0 Å². The Morgan fingerprint density at radius 1 is 1.43 bits per heavy atom. The van der Waals surface area contributed by atoms with E-state index in [1.807, 2.05) is 0 Å². The Morgan fingerprint density at radius 3 is 2.57 bits per heavy atom. The molecular formula is C11H22N2O. The molecule has 0 aromatic carbocycles. The van der Waals surface area contributed by atoms with E-state index in [2.05, 4.69) is 19.2 Å². The van der Waals surface area contributed by atoms with Crippen LogP contribution in [0.2, 0.25) is 0 Å². The second-order valence-electron chi connectivity index (χ2n) is 4.80. The molecule has 14 heavy (non-hydrogen) atoms. The van der Waals surface area contributed by atoms with Crippen LogP contribution in [0.15, 0.2) is 0 Å². The van der Waals surface area contributed by atoms with Crippen LogP contribution in [0.25, 0.3) is 0 Å². The van der Waals surface area contributed by atoms with Crippen LogP contribution in [0.1, 0.15) is 40.0 Å². The Labute approximate surface area is 86.4 Å². The average molecular weight is 198 g/mol. The van der Waals surface area contributed by atoms with Gasteiger partial charge < -0.3 is 11.1 Å². The van der Waals surface area contributed by atoms with E-state index in [9.17, 15) is 4.79 Å². The average Bonchev–Trinajstić information content (AvgIpc) is 2.09. The summed E-state index contributed by atoms with van der Waals surface area (Å²) in [6.07, 6.45) is 3.53. The Bertz CT molecular complexity index is 203. The lowest BCUT2D eigenvalue weighted by molar-refractivity contribution is -0.123. The SMILES string of the molecule is CC1CCC(NC(=O)[C@@H](C)N)C(C)C1. The summed E-state index contributed by atoms with van der Waals surface area (Å²) in [6, 6.07) is -0.0498. The molecule has 0 aliphatic heterocycles. The van der Waals surface area contributed by atoms with E-state index in [0.29, 0.717) is 12.0 Å². The quantitative estimate of drug-likeness (QED) is 0.702. The third-order valence-corrected chi connectivity index (χ3v) is 3.17. The lowest BCUT2D eigenvalue weighted by Crippen LogP contribution is -2.48. The van der Waals surface area contributed by atoms with E-state index in [-0.39, 0.29) is 11.9 Å². The summed E-state index contributed by atoms with van der Waals surface area (Å²) in [7, 11) is 0. The Morgan fingerprint density at radius 2 is 2.07 bits per heavy atom. The third kappa shape index (κ3) is 2.98. The largest absolute Gasteiger partial charge is 0.352 e. The molecule has 0 radical (unpaired) electrons. The topological polar surface area (TPSA) is 55.1 Å². The minimum absolute atomic E-state index is 0.0172. The fourth-order valence-electron chi connectivity index (χ4n) is 2.19.